The van der Waals surface area contributed by atoms with Gasteiger partial charge in [0.15, 0.2) is 0 Å². The number of hydrogen-bond acceptors (Lipinski definition) is 13. The summed E-state index contributed by atoms with van der Waals surface area (Å²) in [6, 6.07) is 7.99. The summed E-state index contributed by atoms with van der Waals surface area (Å²) in [4.78, 5) is 41.2. The fourth-order valence-corrected chi connectivity index (χ4v) is 7.26. The number of nitrogens with one attached hydrogen (secondary N) is 4. The van der Waals surface area contributed by atoms with E-state index in [1.54, 1.807) is 6.21 Å². The maximum absolute atomic E-state index is 12.9. The molecule has 1 aromatic heterocycles. The zero-order valence-electron chi connectivity index (χ0n) is 30.9. The van der Waals surface area contributed by atoms with Crippen molar-refractivity contribution in [2.75, 3.05) is 56.4 Å². The molecule has 1 aromatic carbocycles. The van der Waals surface area contributed by atoms with E-state index in [9.17, 15) is 9.59 Å². The molecule has 52 heavy (non-hydrogen) atoms. The molecule has 8 N–H and O–H groups in total. The van der Waals surface area contributed by atoms with Crippen LogP contribution in [-0.2, 0) is 14.3 Å². The minimum atomic E-state index is -0.766. The topological polar surface area (TPSA) is 197 Å². The molecule has 2 heterocycles. The highest BCUT2D eigenvalue weighted by molar-refractivity contribution is 6.32. The normalized spacial score (nSPS) is 18.6. The molecule has 0 bridgehead atoms. The van der Waals surface area contributed by atoms with Crippen LogP contribution in [0.1, 0.15) is 96.3 Å². The summed E-state index contributed by atoms with van der Waals surface area (Å²) < 4.78 is 5.51. The van der Waals surface area contributed by atoms with Crippen LogP contribution in [0.25, 0.3) is 10.9 Å². The van der Waals surface area contributed by atoms with Gasteiger partial charge in [0.1, 0.15) is 18.0 Å². The highest BCUT2D eigenvalue weighted by Gasteiger charge is 2.27. The van der Waals surface area contributed by atoms with E-state index in [4.69, 9.17) is 26.3 Å². The third-order valence-electron chi connectivity index (χ3n) is 10.4. The monoisotopic (exact) mass is 719 g/mol. The molecule has 2 aliphatic carbocycles. The number of benzene rings is 1. The molecule has 0 spiro atoms. The number of aromatic nitrogens is 2. The molecule has 286 valence electrons. The lowest BCUT2D eigenvalue weighted by Crippen LogP contribution is -2.43. The number of carbonyl (C=O) groups excluding carboxylic acids is 2. The molecule has 1 amide bonds. The Morgan fingerprint density at radius 2 is 1.69 bits per heavy atom. The summed E-state index contributed by atoms with van der Waals surface area (Å²) in [5.41, 5.74) is 7.48. The Bertz CT molecular complexity index is 1450. The van der Waals surface area contributed by atoms with E-state index in [0.717, 1.165) is 93.8 Å². The number of likely N-dealkylation sites (tertiary alicyclic amines) is 1. The molecule has 3 aliphatic rings. The average molecular weight is 720 g/mol. The summed E-state index contributed by atoms with van der Waals surface area (Å²) in [6.07, 6.45) is 16.6. The standard InChI is InChI=1S/C38H61N11O3/c39-33(37(51)52-31-12-4-5-13-31)16-17-35(50)49-24-18-29(19-25-49)45-36-32-14-6-7-15-34(32)46-38(47-36)44-27-30(48-40)26-42-22-8-20-41-21-9-23-43-28-10-2-1-3-11-28/h6-7,14-15,26,28-29,31,33,41,43H,1-5,8-13,16-25,27,39-40H2,(H2,44,45,46,47)/t33-/m0/s1. The van der Waals surface area contributed by atoms with Crippen LogP contribution in [-0.4, -0.2) is 109 Å². The van der Waals surface area contributed by atoms with Crippen LogP contribution in [0.3, 0.4) is 0 Å². The average Bonchev–Trinajstić information content (AvgIpc) is 3.69. The number of hydrazone groups is 1. The van der Waals surface area contributed by atoms with Gasteiger partial charge >= 0.3 is 5.97 Å². The number of amides is 1. The van der Waals surface area contributed by atoms with Crippen LogP contribution in [0.2, 0.25) is 0 Å². The molecular weight excluding hydrogens is 658 g/mol. The van der Waals surface area contributed by atoms with Gasteiger partial charge in [-0.15, -0.1) is 0 Å². The van der Waals surface area contributed by atoms with Crippen molar-refractivity contribution < 1.29 is 14.3 Å². The molecule has 14 heteroatoms. The minimum absolute atomic E-state index is 0.0205. The van der Waals surface area contributed by atoms with Gasteiger partial charge in [0.05, 0.1) is 17.8 Å². The van der Waals surface area contributed by atoms with Crippen LogP contribution >= 0.6 is 0 Å². The molecule has 5 rings (SSSR count). The van der Waals surface area contributed by atoms with Crippen molar-refractivity contribution >= 4 is 46.5 Å². The second kappa shape index (κ2) is 21.6. The number of nitrogens with two attached hydrogens (primary N) is 2. The molecule has 2 saturated carbocycles. The quantitative estimate of drug-likeness (QED) is 0.0384. The van der Waals surface area contributed by atoms with Gasteiger partial charge in [-0.1, -0.05) is 31.4 Å². The van der Waals surface area contributed by atoms with Gasteiger partial charge in [-0.05, 0) is 102 Å². The minimum Gasteiger partial charge on any atom is -0.461 e. The van der Waals surface area contributed by atoms with Crippen LogP contribution in [0, 0.1) is 0 Å². The second-order valence-electron chi connectivity index (χ2n) is 14.5. The molecule has 0 unspecified atom stereocenters. The number of para-hydroxylation sites is 1. The Kier molecular flexibility index (Phi) is 16.3. The fraction of sp³-hybridized carbons (Fsp3) is 0.684. The number of ether oxygens (including phenoxy) is 1. The Morgan fingerprint density at radius 1 is 0.942 bits per heavy atom. The highest BCUT2D eigenvalue weighted by Crippen LogP contribution is 2.25. The summed E-state index contributed by atoms with van der Waals surface area (Å²) >= 11 is 0. The van der Waals surface area contributed by atoms with Crippen LogP contribution in [0.15, 0.2) is 34.4 Å². The third-order valence-corrected chi connectivity index (χ3v) is 10.4. The smallest absolute Gasteiger partial charge is 0.323 e. The largest absolute Gasteiger partial charge is 0.461 e. The summed E-state index contributed by atoms with van der Waals surface area (Å²) in [7, 11) is 0. The first kappa shape index (κ1) is 39.3. The van der Waals surface area contributed by atoms with Crippen LogP contribution < -0.4 is 32.8 Å². The van der Waals surface area contributed by atoms with Gasteiger partial charge < -0.3 is 42.5 Å². The Labute approximate surface area is 308 Å². The predicted octanol–water partition coefficient (Wildman–Crippen LogP) is 3.72. The second-order valence-corrected chi connectivity index (χ2v) is 14.5. The highest BCUT2D eigenvalue weighted by atomic mass is 16.5. The lowest BCUT2D eigenvalue weighted by atomic mass is 9.95. The number of fused-ring (bicyclic) bond motifs is 1. The van der Waals surface area contributed by atoms with Crippen LogP contribution in [0.5, 0.6) is 0 Å². The predicted molar refractivity (Wildman–Crippen MR) is 209 cm³/mol. The van der Waals surface area contributed by atoms with Crippen molar-refractivity contribution in [2.45, 2.75) is 121 Å². The van der Waals surface area contributed by atoms with Crippen LogP contribution in [0.4, 0.5) is 11.8 Å². The molecule has 14 nitrogen and oxygen atoms in total. The van der Waals surface area contributed by atoms with Crippen molar-refractivity contribution in [3.05, 3.63) is 24.3 Å². The number of rotatable bonds is 20. The Morgan fingerprint density at radius 3 is 2.48 bits per heavy atom. The number of hydrogen-bond donors (Lipinski definition) is 6. The van der Waals surface area contributed by atoms with Crippen molar-refractivity contribution in [1.29, 1.82) is 0 Å². The molecule has 1 aliphatic heterocycles. The lowest BCUT2D eigenvalue weighted by Gasteiger charge is -2.33. The van der Waals surface area contributed by atoms with E-state index in [-0.39, 0.29) is 24.5 Å². The van der Waals surface area contributed by atoms with Gasteiger partial charge in [-0.25, -0.2) is 4.98 Å². The maximum atomic E-state index is 12.9. The SMILES string of the molecule is NN=C(C=NCCCNCCCNC1CCCCC1)CNc1nc(NC2CCN(C(=O)CC[C@H](N)C(=O)OC3CCCC3)CC2)c2ccccc2n1. The van der Waals surface area contributed by atoms with E-state index in [0.29, 0.717) is 44.3 Å². The number of carbonyl (C=O) groups is 2. The van der Waals surface area contributed by atoms with Gasteiger partial charge in [0, 0.05) is 49.7 Å². The van der Waals surface area contributed by atoms with Gasteiger partial charge in [0.25, 0.3) is 0 Å². The zero-order chi connectivity index (χ0) is 36.4. The first-order chi connectivity index (χ1) is 25.5. The summed E-state index contributed by atoms with van der Waals surface area (Å²) in [5, 5.41) is 18.9. The van der Waals surface area contributed by atoms with E-state index >= 15 is 0 Å². The van der Waals surface area contributed by atoms with E-state index in [2.05, 4.69) is 31.4 Å². The first-order valence-electron chi connectivity index (χ1n) is 19.7. The number of esters is 1. The third kappa shape index (κ3) is 13.0. The van der Waals surface area contributed by atoms with Crippen molar-refractivity contribution in [3.8, 4) is 0 Å². The molecule has 2 aromatic rings. The maximum Gasteiger partial charge on any atom is 0.323 e. The van der Waals surface area contributed by atoms with E-state index in [1.807, 2.05) is 29.2 Å². The summed E-state index contributed by atoms with van der Waals surface area (Å²) in [6.45, 7) is 5.30. The fourth-order valence-electron chi connectivity index (χ4n) is 7.26. The van der Waals surface area contributed by atoms with Crippen molar-refractivity contribution in [3.63, 3.8) is 0 Å². The first-order valence-corrected chi connectivity index (χ1v) is 19.7. The van der Waals surface area contributed by atoms with Gasteiger partial charge in [0.2, 0.25) is 11.9 Å². The Hall–Kier alpha value is -3.88. The van der Waals surface area contributed by atoms with Crippen molar-refractivity contribution in [2.24, 2.45) is 21.7 Å². The molecule has 1 atom stereocenters. The number of nitrogens with zero attached hydrogens (tertiary/aromatic N) is 5. The number of aliphatic imine (C=N–C) groups is 1. The molecule has 3 fully saturated rings. The van der Waals surface area contributed by atoms with E-state index < -0.39 is 12.0 Å². The zero-order valence-corrected chi connectivity index (χ0v) is 30.9. The molecular formula is C38H61N11O3. The Balaban J connectivity index is 1.00. The number of piperidine rings is 1. The van der Waals surface area contributed by atoms with E-state index in [1.165, 1.54) is 32.1 Å². The molecule has 1 saturated heterocycles. The van der Waals surface area contributed by atoms with Gasteiger partial charge in [-0.2, -0.15) is 10.1 Å². The lowest BCUT2D eigenvalue weighted by molar-refractivity contribution is -0.150. The van der Waals surface area contributed by atoms with Gasteiger partial charge in [-0.3, -0.25) is 14.6 Å². The molecule has 0 radical (unpaired) electrons. The summed E-state index contributed by atoms with van der Waals surface area (Å²) in [5.74, 6) is 6.51. The van der Waals surface area contributed by atoms with Crippen molar-refractivity contribution in [1.82, 2.24) is 25.5 Å². The number of anilines is 2.